The van der Waals surface area contributed by atoms with Crippen molar-refractivity contribution in [3.05, 3.63) is 52.0 Å². The third-order valence-electron chi connectivity index (χ3n) is 4.15. The maximum Gasteiger partial charge on any atom is 0.446 e. The maximum absolute atomic E-state index is 12.5. The normalized spacial score (nSPS) is 17.8. The van der Waals surface area contributed by atoms with Crippen LogP contribution in [0.4, 0.5) is 13.2 Å². The van der Waals surface area contributed by atoms with Gasteiger partial charge in [0.05, 0.1) is 5.02 Å². The van der Waals surface area contributed by atoms with Crippen LogP contribution in [0.2, 0.25) is 5.02 Å². The van der Waals surface area contributed by atoms with Gasteiger partial charge in [-0.2, -0.15) is 13.2 Å². The molecule has 1 atom stereocenters. The van der Waals surface area contributed by atoms with E-state index in [1.54, 1.807) is 12.1 Å². The van der Waals surface area contributed by atoms with Crippen LogP contribution in [-0.4, -0.2) is 28.8 Å². The predicted molar refractivity (Wildman–Crippen MR) is 91.6 cm³/mol. The second-order valence-corrected chi connectivity index (χ2v) is 7.27. The summed E-state index contributed by atoms with van der Waals surface area (Å²) in [5, 5.41) is 23.1. The quantitative estimate of drug-likeness (QED) is 0.517. The highest BCUT2D eigenvalue weighted by molar-refractivity contribution is 8.00. The molecule has 134 valence electrons. The molecule has 25 heavy (non-hydrogen) atoms. The number of fused-ring (bicyclic) bond motifs is 1. The van der Waals surface area contributed by atoms with Gasteiger partial charge in [0.25, 0.3) is 0 Å². The molecule has 0 bridgehead atoms. The topological polar surface area (TPSA) is 52.5 Å². The molecular formula is C17H15ClF3NO2S. The smallest absolute Gasteiger partial charge is 0.446 e. The van der Waals surface area contributed by atoms with E-state index in [0.717, 1.165) is 16.7 Å². The van der Waals surface area contributed by atoms with Gasteiger partial charge >= 0.3 is 5.51 Å². The second-order valence-electron chi connectivity index (χ2n) is 5.75. The Morgan fingerprint density at radius 2 is 1.84 bits per heavy atom. The SMILES string of the molecule is Oc1cc2c(c(Cl)c1O)CCNCC2c1ccc(SC(F)(F)F)cc1. The van der Waals surface area contributed by atoms with Crippen molar-refractivity contribution in [3.8, 4) is 11.5 Å². The highest BCUT2D eigenvalue weighted by Gasteiger charge is 2.30. The van der Waals surface area contributed by atoms with Crippen molar-refractivity contribution in [2.24, 2.45) is 0 Å². The van der Waals surface area contributed by atoms with Crippen molar-refractivity contribution in [1.29, 1.82) is 0 Å². The molecule has 0 fully saturated rings. The summed E-state index contributed by atoms with van der Waals surface area (Å²) in [5.41, 5.74) is -2.01. The number of alkyl halides is 3. The molecule has 1 aliphatic rings. The van der Waals surface area contributed by atoms with E-state index < -0.39 is 5.51 Å². The van der Waals surface area contributed by atoms with E-state index in [1.165, 1.54) is 18.2 Å². The van der Waals surface area contributed by atoms with Crippen molar-refractivity contribution >= 4 is 23.4 Å². The zero-order chi connectivity index (χ0) is 18.2. The number of phenolic OH excluding ortho intramolecular Hbond substituents is 2. The number of aromatic hydroxyl groups is 2. The maximum atomic E-state index is 12.5. The van der Waals surface area contributed by atoms with Crippen LogP contribution in [0.15, 0.2) is 35.2 Å². The van der Waals surface area contributed by atoms with E-state index in [9.17, 15) is 23.4 Å². The lowest BCUT2D eigenvalue weighted by Crippen LogP contribution is -2.20. The molecule has 3 N–H and O–H groups in total. The van der Waals surface area contributed by atoms with E-state index in [4.69, 9.17) is 11.6 Å². The van der Waals surface area contributed by atoms with Gasteiger partial charge in [-0.3, -0.25) is 0 Å². The van der Waals surface area contributed by atoms with Crippen molar-refractivity contribution in [2.75, 3.05) is 13.1 Å². The van der Waals surface area contributed by atoms with Gasteiger partial charge in [0, 0.05) is 17.4 Å². The van der Waals surface area contributed by atoms with Crippen molar-refractivity contribution in [2.45, 2.75) is 22.7 Å². The number of hydrogen-bond acceptors (Lipinski definition) is 4. The Bertz CT molecular complexity index is 781. The summed E-state index contributed by atoms with van der Waals surface area (Å²) < 4.78 is 37.4. The lowest BCUT2D eigenvalue weighted by molar-refractivity contribution is -0.0328. The predicted octanol–water partition coefficient (Wildman–Crippen LogP) is 4.64. The number of phenols is 2. The van der Waals surface area contributed by atoms with Crippen LogP contribution < -0.4 is 5.32 Å². The van der Waals surface area contributed by atoms with Crippen molar-refractivity contribution in [1.82, 2.24) is 5.32 Å². The first-order valence-electron chi connectivity index (χ1n) is 7.56. The third kappa shape index (κ3) is 3.99. The largest absolute Gasteiger partial charge is 0.504 e. The average molecular weight is 390 g/mol. The molecule has 0 aromatic heterocycles. The highest BCUT2D eigenvalue weighted by atomic mass is 35.5. The molecule has 1 aliphatic heterocycles. The van der Waals surface area contributed by atoms with Crippen LogP contribution in [-0.2, 0) is 6.42 Å². The first-order chi connectivity index (χ1) is 11.8. The summed E-state index contributed by atoms with van der Waals surface area (Å²) >= 11 is 6.02. The zero-order valence-electron chi connectivity index (χ0n) is 12.9. The molecule has 3 rings (SSSR count). The van der Waals surface area contributed by atoms with Crippen LogP contribution >= 0.6 is 23.4 Å². The fourth-order valence-electron chi connectivity index (χ4n) is 3.02. The summed E-state index contributed by atoms with van der Waals surface area (Å²) in [6, 6.07) is 7.63. The van der Waals surface area contributed by atoms with Crippen LogP contribution in [0.25, 0.3) is 0 Å². The Morgan fingerprint density at radius 3 is 2.48 bits per heavy atom. The van der Waals surface area contributed by atoms with Gasteiger partial charge in [-0.1, -0.05) is 23.7 Å². The Hall–Kier alpha value is -1.57. The molecule has 2 aromatic carbocycles. The molecule has 1 unspecified atom stereocenters. The molecule has 2 aromatic rings. The Balaban J connectivity index is 1.98. The standard InChI is InChI=1S/C17H15ClF3NO2S/c18-15-11-5-6-22-8-13(12(11)7-14(23)16(15)24)9-1-3-10(4-2-9)25-17(19,20)21/h1-4,7,13,22-24H,5-6,8H2. The van der Waals surface area contributed by atoms with Gasteiger partial charge in [-0.15, -0.1) is 0 Å². The zero-order valence-corrected chi connectivity index (χ0v) is 14.5. The molecular weight excluding hydrogens is 375 g/mol. The van der Waals surface area contributed by atoms with Gasteiger partial charge in [0.2, 0.25) is 0 Å². The molecule has 0 amide bonds. The van der Waals surface area contributed by atoms with Crippen LogP contribution in [0.3, 0.4) is 0 Å². The van der Waals surface area contributed by atoms with Crippen molar-refractivity contribution in [3.63, 3.8) is 0 Å². The summed E-state index contributed by atoms with van der Waals surface area (Å²) in [6.45, 7) is 1.20. The monoisotopic (exact) mass is 389 g/mol. The number of thioether (sulfide) groups is 1. The minimum atomic E-state index is -4.32. The molecule has 1 heterocycles. The number of nitrogens with one attached hydrogen (secondary N) is 1. The molecule has 0 saturated carbocycles. The molecule has 0 radical (unpaired) electrons. The highest BCUT2D eigenvalue weighted by Crippen LogP contribution is 2.43. The van der Waals surface area contributed by atoms with E-state index in [2.05, 4.69) is 5.32 Å². The first kappa shape index (κ1) is 18.2. The molecule has 0 spiro atoms. The number of halogens is 4. The molecule has 3 nitrogen and oxygen atoms in total. The Labute approximate surface area is 151 Å². The van der Waals surface area contributed by atoms with Crippen molar-refractivity contribution < 1.29 is 23.4 Å². The van der Waals surface area contributed by atoms with E-state index in [0.29, 0.717) is 19.5 Å². The summed E-state index contributed by atoms with van der Waals surface area (Å²) in [6.07, 6.45) is 0.584. The van der Waals surface area contributed by atoms with Crippen LogP contribution in [0.5, 0.6) is 11.5 Å². The summed E-state index contributed by atoms with van der Waals surface area (Å²) in [5.74, 6) is -0.843. The van der Waals surface area contributed by atoms with E-state index in [-0.39, 0.29) is 39.1 Å². The van der Waals surface area contributed by atoms with Gasteiger partial charge < -0.3 is 15.5 Å². The first-order valence-corrected chi connectivity index (χ1v) is 8.75. The Morgan fingerprint density at radius 1 is 1.16 bits per heavy atom. The van der Waals surface area contributed by atoms with Crippen LogP contribution in [0, 0.1) is 0 Å². The second kappa shape index (κ2) is 6.97. The molecule has 8 heteroatoms. The minimum absolute atomic E-state index is 0.115. The lowest BCUT2D eigenvalue weighted by Gasteiger charge is -2.20. The number of hydrogen-bond donors (Lipinski definition) is 3. The fraction of sp³-hybridized carbons (Fsp3) is 0.294. The van der Waals surface area contributed by atoms with E-state index in [1.807, 2.05) is 0 Å². The van der Waals surface area contributed by atoms with E-state index >= 15 is 0 Å². The lowest BCUT2D eigenvalue weighted by atomic mass is 9.87. The van der Waals surface area contributed by atoms with Gasteiger partial charge in [0.15, 0.2) is 11.5 Å². The van der Waals surface area contributed by atoms with Gasteiger partial charge in [-0.25, -0.2) is 0 Å². The Kier molecular flexibility index (Phi) is 5.09. The van der Waals surface area contributed by atoms with Gasteiger partial charge in [-0.05, 0) is 59.6 Å². The van der Waals surface area contributed by atoms with Gasteiger partial charge in [0.1, 0.15) is 0 Å². The molecule has 0 saturated heterocycles. The number of benzene rings is 2. The minimum Gasteiger partial charge on any atom is -0.504 e. The number of rotatable bonds is 2. The summed E-state index contributed by atoms with van der Waals surface area (Å²) in [4.78, 5) is 0.115. The third-order valence-corrected chi connectivity index (χ3v) is 5.29. The summed E-state index contributed by atoms with van der Waals surface area (Å²) in [7, 11) is 0. The molecule has 0 aliphatic carbocycles. The fourth-order valence-corrected chi connectivity index (χ4v) is 3.86. The van der Waals surface area contributed by atoms with Crippen LogP contribution in [0.1, 0.15) is 22.6 Å². The average Bonchev–Trinajstić information content (AvgIpc) is 2.75.